The molecule has 0 aromatic heterocycles. The molecule has 2 aromatic carbocycles. The highest BCUT2D eigenvalue weighted by Gasteiger charge is 2.33. The molecule has 0 bridgehead atoms. The Bertz CT molecular complexity index is 808. The standard InChI is InChI=1S/C16H11ClF3N3O2/c17-13-7-6-11(8-12(13)16(18,19)20)22-14(24)15(25)23-21-9-10-4-2-1-3-5-10/h1-9H,(H,22,24)(H,23,25)/b21-9-. The van der Waals surface area contributed by atoms with Crippen LogP contribution < -0.4 is 10.7 Å². The van der Waals surface area contributed by atoms with Crippen molar-refractivity contribution in [3.63, 3.8) is 0 Å². The first-order valence-corrected chi connectivity index (χ1v) is 7.21. The number of benzene rings is 2. The Balaban J connectivity index is 1.99. The number of carbonyl (C=O) groups is 2. The van der Waals surface area contributed by atoms with Gasteiger partial charge < -0.3 is 5.32 Å². The maximum absolute atomic E-state index is 12.8. The Morgan fingerprint density at radius 1 is 1.04 bits per heavy atom. The molecule has 0 spiro atoms. The van der Waals surface area contributed by atoms with Gasteiger partial charge in [-0.05, 0) is 23.8 Å². The number of nitrogens with zero attached hydrogens (tertiary/aromatic N) is 1. The summed E-state index contributed by atoms with van der Waals surface area (Å²) in [5.74, 6) is -2.30. The lowest BCUT2D eigenvalue weighted by Crippen LogP contribution is -2.32. The summed E-state index contributed by atoms with van der Waals surface area (Å²) in [5, 5.41) is 5.12. The topological polar surface area (TPSA) is 70.6 Å². The zero-order valence-corrected chi connectivity index (χ0v) is 13.2. The van der Waals surface area contributed by atoms with Crippen LogP contribution in [0.4, 0.5) is 18.9 Å². The van der Waals surface area contributed by atoms with Gasteiger partial charge in [-0.25, -0.2) is 5.43 Å². The number of alkyl halides is 3. The van der Waals surface area contributed by atoms with Gasteiger partial charge in [0.1, 0.15) is 0 Å². The molecular formula is C16H11ClF3N3O2. The highest BCUT2D eigenvalue weighted by Crippen LogP contribution is 2.36. The summed E-state index contributed by atoms with van der Waals surface area (Å²) in [5.41, 5.74) is 1.33. The van der Waals surface area contributed by atoms with Gasteiger partial charge in [0.2, 0.25) is 0 Å². The van der Waals surface area contributed by atoms with E-state index in [0.29, 0.717) is 11.6 Å². The van der Waals surface area contributed by atoms with E-state index in [1.54, 1.807) is 30.3 Å². The van der Waals surface area contributed by atoms with Gasteiger partial charge >= 0.3 is 18.0 Å². The minimum atomic E-state index is -4.68. The van der Waals surface area contributed by atoms with Gasteiger partial charge in [-0.3, -0.25) is 9.59 Å². The smallest absolute Gasteiger partial charge is 0.318 e. The maximum Gasteiger partial charge on any atom is 0.417 e. The summed E-state index contributed by atoms with van der Waals surface area (Å²) in [6.07, 6.45) is -3.37. The van der Waals surface area contributed by atoms with Crippen LogP contribution in [0, 0.1) is 0 Å². The van der Waals surface area contributed by atoms with E-state index in [4.69, 9.17) is 11.6 Å². The van der Waals surface area contributed by atoms with E-state index < -0.39 is 28.6 Å². The van der Waals surface area contributed by atoms with Crippen LogP contribution in [-0.2, 0) is 15.8 Å². The molecule has 2 rings (SSSR count). The lowest BCUT2D eigenvalue weighted by atomic mass is 10.2. The Hall–Kier alpha value is -2.87. The molecule has 0 unspecified atom stereocenters. The van der Waals surface area contributed by atoms with E-state index in [9.17, 15) is 22.8 Å². The molecule has 0 radical (unpaired) electrons. The molecule has 2 N–H and O–H groups in total. The quantitative estimate of drug-likeness (QED) is 0.494. The molecule has 0 aliphatic carbocycles. The zero-order chi connectivity index (χ0) is 18.4. The SMILES string of the molecule is O=C(N/N=C\c1ccccc1)C(=O)Nc1ccc(Cl)c(C(F)(F)F)c1. The van der Waals surface area contributed by atoms with Crippen LogP contribution >= 0.6 is 11.6 Å². The van der Waals surface area contributed by atoms with E-state index in [1.165, 1.54) is 6.21 Å². The molecule has 130 valence electrons. The van der Waals surface area contributed by atoms with Gasteiger partial charge in [0.15, 0.2) is 0 Å². The Labute approximate surface area is 145 Å². The molecule has 9 heteroatoms. The summed E-state index contributed by atoms with van der Waals surface area (Å²) >= 11 is 5.48. The van der Waals surface area contributed by atoms with Crippen LogP contribution in [0.15, 0.2) is 53.6 Å². The molecule has 0 aliphatic rings. The van der Waals surface area contributed by atoms with Crippen LogP contribution in [0.25, 0.3) is 0 Å². The van der Waals surface area contributed by atoms with Crippen molar-refractivity contribution in [2.45, 2.75) is 6.18 Å². The molecule has 0 atom stereocenters. The van der Waals surface area contributed by atoms with Crippen molar-refractivity contribution < 1.29 is 22.8 Å². The van der Waals surface area contributed by atoms with Crippen LogP contribution in [0.2, 0.25) is 5.02 Å². The van der Waals surface area contributed by atoms with Crippen molar-refractivity contribution in [2.24, 2.45) is 5.10 Å². The predicted molar refractivity (Wildman–Crippen MR) is 87.3 cm³/mol. The lowest BCUT2D eigenvalue weighted by Gasteiger charge is -2.11. The number of amides is 2. The second-order valence-corrected chi connectivity index (χ2v) is 5.16. The molecule has 0 saturated heterocycles. The third-order valence-electron chi connectivity index (χ3n) is 2.92. The summed E-state index contributed by atoms with van der Waals surface area (Å²) in [7, 11) is 0. The highest BCUT2D eigenvalue weighted by molar-refractivity contribution is 6.39. The maximum atomic E-state index is 12.8. The number of rotatable bonds is 3. The summed E-state index contributed by atoms with van der Waals surface area (Å²) in [4.78, 5) is 23.3. The molecular weight excluding hydrogens is 359 g/mol. The molecule has 2 amide bonds. The monoisotopic (exact) mass is 369 g/mol. The zero-order valence-electron chi connectivity index (χ0n) is 12.5. The molecule has 0 saturated carbocycles. The first-order valence-electron chi connectivity index (χ1n) is 6.83. The number of carbonyl (C=O) groups excluding carboxylic acids is 2. The fraction of sp³-hybridized carbons (Fsp3) is 0.0625. The molecule has 25 heavy (non-hydrogen) atoms. The minimum absolute atomic E-state index is 0.219. The Morgan fingerprint density at radius 2 is 1.72 bits per heavy atom. The molecule has 0 aliphatic heterocycles. The van der Waals surface area contributed by atoms with Crippen LogP contribution in [0.1, 0.15) is 11.1 Å². The van der Waals surface area contributed by atoms with Gasteiger partial charge in [-0.1, -0.05) is 41.9 Å². The van der Waals surface area contributed by atoms with Gasteiger partial charge in [0.25, 0.3) is 0 Å². The van der Waals surface area contributed by atoms with E-state index in [0.717, 1.165) is 12.1 Å². The van der Waals surface area contributed by atoms with Gasteiger partial charge in [0, 0.05) is 5.69 Å². The summed E-state index contributed by atoms with van der Waals surface area (Å²) in [6, 6.07) is 11.5. The molecule has 5 nitrogen and oxygen atoms in total. The van der Waals surface area contributed by atoms with Crippen LogP contribution in [-0.4, -0.2) is 18.0 Å². The first-order chi connectivity index (χ1) is 11.8. The van der Waals surface area contributed by atoms with Crippen LogP contribution in [0.5, 0.6) is 0 Å². The molecule has 2 aromatic rings. The highest BCUT2D eigenvalue weighted by atomic mass is 35.5. The van der Waals surface area contributed by atoms with Crippen molar-refractivity contribution in [3.05, 3.63) is 64.7 Å². The number of hydrogen-bond acceptors (Lipinski definition) is 3. The second-order valence-electron chi connectivity index (χ2n) is 4.76. The van der Waals surface area contributed by atoms with Crippen molar-refractivity contribution in [2.75, 3.05) is 5.32 Å². The Kier molecular flexibility index (Phi) is 5.76. The minimum Gasteiger partial charge on any atom is -0.318 e. The van der Waals surface area contributed by atoms with Gasteiger partial charge in [0.05, 0.1) is 16.8 Å². The van der Waals surface area contributed by atoms with Crippen molar-refractivity contribution in [3.8, 4) is 0 Å². The Morgan fingerprint density at radius 3 is 2.36 bits per heavy atom. The number of halogens is 4. The average Bonchev–Trinajstić information content (AvgIpc) is 2.56. The fourth-order valence-corrected chi connectivity index (χ4v) is 1.99. The first kappa shape index (κ1) is 18.5. The van der Waals surface area contributed by atoms with E-state index in [2.05, 4.69) is 5.10 Å². The van der Waals surface area contributed by atoms with Crippen LogP contribution in [0.3, 0.4) is 0 Å². The van der Waals surface area contributed by atoms with Gasteiger partial charge in [-0.2, -0.15) is 18.3 Å². The summed E-state index contributed by atoms with van der Waals surface area (Å²) in [6.45, 7) is 0. The van der Waals surface area contributed by atoms with E-state index in [-0.39, 0.29) is 5.69 Å². The number of anilines is 1. The summed E-state index contributed by atoms with van der Waals surface area (Å²) < 4.78 is 38.3. The normalized spacial score (nSPS) is 11.4. The predicted octanol–water partition coefficient (Wildman–Crippen LogP) is 3.45. The number of hydrogen-bond donors (Lipinski definition) is 2. The molecule has 0 fully saturated rings. The average molecular weight is 370 g/mol. The van der Waals surface area contributed by atoms with Crippen molar-refractivity contribution >= 4 is 35.3 Å². The fourth-order valence-electron chi connectivity index (χ4n) is 1.76. The number of hydrazone groups is 1. The third kappa shape index (κ3) is 5.32. The van der Waals surface area contributed by atoms with Gasteiger partial charge in [-0.15, -0.1) is 0 Å². The third-order valence-corrected chi connectivity index (χ3v) is 3.24. The van der Waals surface area contributed by atoms with Crippen molar-refractivity contribution in [1.82, 2.24) is 5.43 Å². The van der Waals surface area contributed by atoms with Crippen molar-refractivity contribution in [1.29, 1.82) is 0 Å². The molecule has 0 heterocycles. The second kappa shape index (κ2) is 7.80. The number of nitrogens with one attached hydrogen (secondary N) is 2. The largest absolute Gasteiger partial charge is 0.417 e. The van der Waals surface area contributed by atoms with E-state index >= 15 is 0 Å². The van der Waals surface area contributed by atoms with E-state index in [1.807, 2.05) is 10.7 Å². The lowest BCUT2D eigenvalue weighted by molar-refractivity contribution is -0.137.